The Balaban J connectivity index is 2.00. The molecule has 1 amide bonds. The lowest BCUT2D eigenvalue weighted by atomic mass is 9.96. The molecule has 1 aliphatic carbocycles. The van der Waals surface area contributed by atoms with Crippen LogP contribution in [0.4, 0.5) is 0 Å². The van der Waals surface area contributed by atoms with Gasteiger partial charge in [0.2, 0.25) is 5.91 Å². The monoisotopic (exact) mass is 329 g/mol. The molecule has 0 spiro atoms. The van der Waals surface area contributed by atoms with E-state index in [1.807, 2.05) is 12.1 Å². The summed E-state index contributed by atoms with van der Waals surface area (Å²) >= 11 is 5.97. The molecule has 0 aliphatic heterocycles. The van der Waals surface area contributed by atoms with E-state index in [2.05, 4.69) is 17.2 Å². The van der Waals surface area contributed by atoms with E-state index >= 15 is 0 Å². The molecular formula is C18H16ClNO3. The summed E-state index contributed by atoms with van der Waals surface area (Å²) in [5.41, 5.74) is 1.47. The van der Waals surface area contributed by atoms with Crippen LogP contribution in [-0.2, 0) is 9.59 Å². The molecule has 0 radical (unpaired) electrons. The fourth-order valence-corrected chi connectivity index (χ4v) is 2.45. The van der Waals surface area contributed by atoms with Crippen LogP contribution in [0.1, 0.15) is 31.2 Å². The standard InChI is InChI=1S/C18H16ClNO3/c19-15-10-4-1-7-13(15)8-2-6-12-17(21)20-16-11-5-3-9-14(16)18(22)23/h1,4,6-7,10,12H,3,5,9,11H2,(H,20,21)(H,22,23)/b12-6+. The summed E-state index contributed by atoms with van der Waals surface area (Å²) in [7, 11) is 0. The van der Waals surface area contributed by atoms with Gasteiger partial charge in [0.15, 0.2) is 0 Å². The molecule has 0 fully saturated rings. The Kier molecular flexibility index (Phi) is 6.02. The Morgan fingerprint density at radius 3 is 2.70 bits per heavy atom. The van der Waals surface area contributed by atoms with E-state index < -0.39 is 5.97 Å². The van der Waals surface area contributed by atoms with Crippen molar-refractivity contribution in [3.05, 3.63) is 58.3 Å². The van der Waals surface area contributed by atoms with Crippen molar-refractivity contribution in [1.82, 2.24) is 5.32 Å². The molecule has 2 N–H and O–H groups in total. The Morgan fingerprint density at radius 2 is 1.96 bits per heavy atom. The van der Waals surface area contributed by atoms with E-state index in [1.54, 1.807) is 12.1 Å². The first-order valence-corrected chi connectivity index (χ1v) is 7.64. The summed E-state index contributed by atoms with van der Waals surface area (Å²) in [5, 5.41) is 12.3. The number of allylic oxidation sites excluding steroid dienone is 2. The maximum atomic E-state index is 11.8. The largest absolute Gasteiger partial charge is 0.478 e. The number of carboxylic acid groups (broad SMARTS) is 1. The van der Waals surface area contributed by atoms with Gasteiger partial charge >= 0.3 is 5.97 Å². The summed E-state index contributed by atoms with van der Waals surface area (Å²) in [5.74, 6) is 4.23. The molecule has 1 aromatic rings. The van der Waals surface area contributed by atoms with E-state index in [4.69, 9.17) is 16.7 Å². The molecule has 1 aromatic carbocycles. The Morgan fingerprint density at radius 1 is 1.22 bits per heavy atom. The zero-order chi connectivity index (χ0) is 16.7. The molecule has 0 unspecified atom stereocenters. The van der Waals surface area contributed by atoms with Crippen molar-refractivity contribution in [3.63, 3.8) is 0 Å². The molecule has 118 valence electrons. The Bertz CT molecular complexity index is 738. The van der Waals surface area contributed by atoms with E-state index in [-0.39, 0.29) is 5.91 Å². The molecule has 23 heavy (non-hydrogen) atoms. The number of carbonyl (C=O) groups excluding carboxylic acids is 1. The summed E-state index contributed by atoms with van der Waals surface area (Å²) in [4.78, 5) is 23.0. The highest BCUT2D eigenvalue weighted by Crippen LogP contribution is 2.23. The van der Waals surface area contributed by atoms with Gasteiger partial charge in [-0.2, -0.15) is 0 Å². The summed E-state index contributed by atoms with van der Waals surface area (Å²) in [6, 6.07) is 7.17. The van der Waals surface area contributed by atoms with Crippen LogP contribution >= 0.6 is 11.6 Å². The summed E-state index contributed by atoms with van der Waals surface area (Å²) < 4.78 is 0. The van der Waals surface area contributed by atoms with Gasteiger partial charge in [-0.25, -0.2) is 4.79 Å². The second-order valence-electron chi connectivity index (χ2n) is 5.04. The number of halogens is 1. The average molecular weight is 330 g/mol. The minimum absolute atomic E-state index is 0.292. The van der Waals surface area contributed by atoms with Crippen LogP contribution in [0.3, 0.4) is 0 Å². The molecule has 5 heteroatoms. The number of benzene rings is 1. The van der Waals surface area contributed by atoms with Gasteiger partial charge in [0, 0.05) is 17.3 Å². The first-order chi connectivity index (χ1) is 11.1. The minimum Gasteiger partial charge on any atom is -0.478 e. The van der Waals surface area contributed by atoms with Crippen LogP contribution in [-0.4, -0.2) is 17.0 Å². The highest BCUT2D eigenvalue weighted by Gasteiger charge is 2.19. The molecule has 1 aliphatic rings. The second kappa shape index (κ2) is 8.21. The Labute approximate surface area is 139 Å². The van der Waals surface area contributed by atoms with Crippen LogP contribution in [0, 0.1) is 11.8 Å². The number of hydrogen-bond donors (Lipinski definition) is 2. The molecule has 0 aromatic heterocycles. The SMILES string of the molecule is O=C(/C=C/C#Cc1ccccc1Cl)NC1=C(C(=O)O)CCCC1. The third-order valence-electron chi connectivity index (χ3n) is 3.40. The van der Waals surface area contributed by atoms with E-state index in [9.17, 15) is 9.59 Å². The van der Waals surface area contributed by atoms with Crippen molar-refractivity contribution in [2.75, 3.05) is 0 Å². The molecular weight excluding hydrogens is 314 g/mol. The summed E-state index contributed by atoms with van der Waals surface area (Å²) in [6.45, 7) is 0. The van der Waals surface area contributed by atoms with Crippen molar-refractivity contribution in [3.8, 4) is 11.8 Å². The van der Waals surface area contributed by atoms with Crippen LogP contribution < -0.4 is 5.32 Å². The van der Waals surface area contributed by atoms with Gasteiger partial charge in [0.1, 0.15) is 0 Å². The van der Waals surface area contributed by atoms with Crippen LogP contribution in [0.5, 0.6) is 0 Å². The molecule has 0 bridgehead atoms. The maximum Gasteiger partial charge on any atom is 0.333 e. The van der Waals surface area contributed by atoms with Crippen molar-refractivity contribution >= 4 is 23.5 Å². The first-order valence-electron chi connectivity index (χ1n) is 7.27. The van der Waals surface area contributed by atoms with Crippen LogP contribution in [0.2, 0.25) is 5.02 Å². The lowest BCUT2D eigenvalue weighted by Crippen LogP contribution is -2.25. The zero-order valence-electron chi connectivity index (χ0n) is 12.4. The van der Waals surface area contributed by atoms with Crippen molar-refractivity contribution < 1.29 is 14.7 Å². The van der Waals surface area contributed by atoms with E-state index in [0.29, 0.717) is 34.7 Å². The number of carbonyl (C=O) groups is 2. The predicted octanol–water partition coefficient (Wildman–Crippen LogP) is 3.28. The average Bonchev–Trinajstić information content (AvgIpc) is 2.53. The fourth-order valence-electron chi connectivity index (χ4n) is 2.27. The molecule has 0 saturated heterocycles. The number of nitrogens with one attached hydrogen (secondary N) is 1. The van der Waals surface area contributed by atoms with Crippen LogP contribution in [0.15, 0.2) is 47.7 Å². The van der Waals surface area contributed by atoms with Crippen molar-refractivity contribution in [2.24, 2.45) is 0 Å². The number of aliphatic carboxylic acids is 1. The maximum absolute atomic E-state index is 11.8. The predicted molar refractivity (Wildman–Crippen MR) is 88.7 cm³/mol. The van der Waals surface area contributed by atoms with Gasteiger partial charge in [0.05, 0.1) is 10.6 Å². The topological polar surface area (TPSA) is 66.4 Å². The quantitative estimate of drug-likeness (QED) is 0.660. The van der Waals surface area contributed by atoms with Gasteiger partial charge in [-0.1, -0.05) is 35.6 Å². The lowest BCUT2D eigenvalue weighted by Gasteiger charge is -2.17. The lowest BCUT2D eigenvalue weighted by molar-refractivity contribution is -0.133. The smallest absolute Gasteiger partial charge is 0.333 e. The molecule has 0 atom stereocenters. The van der Waals surface area contributed by atoms with Crippen molar-refractivity contribution in [1.29, 1.82) is 0 Å². The van der Waals surface area contributed by atoms with Crippen LogP contribution in [0.25, 0.3) is 0 Å². The minimum atomic E-state index is -0.970. The number of carboxylic acids is 1. The molecule has 2 rings (SSSR count). The van der Waals surface area contributed by atoms with E-state index in [1.165, 1.54) is 12.2 Å². The highest BCUT2D eigenvalue weighted by molar-refractivity contribution is 6.31. The molecule has 0 saturated carbocycles. The highest BCUT2D eigenvalue weighted by atomic mass is 35.5. The number of amides is 1. The number of rotatable bonds is 3. The summed E-state index contributed by atoms with van der Waals surface area (Å²) in [6.07, 6.45) is 5.48. The normalized spacial score (nSPS) is 14.3. The Hall–Kier alpha value is -2.51. The zero-order valence-corrected chi connectivity index (χ0v) is 13.2. The number of hydrogen-bond acceptors (Lipinski definition) is 2. The van der Waals surface area contributed by atoms with Gasteiger partial charge in [-0.15, -0.1) is 0 Å². The van der Waals surface area contributed by atoms with Gasteiger partial charge in [-0.3, -0.25) is 4.79 Å². The third-order valence-corrected chi connectivity index (χ3v) is 3.73. The molecule has 4 nitrogen and oxygen atoms in total. The van der Waals surface area contributed by atoms with E-state index in [0.717, 1.165) is 12.8 Å². The van der Waals surface area contributed by atoms with Crippen molar-refractivity contribution in [2.45, 2.75) is 25.7 Å². The van der Waals surface area contributed by atoms with Gasteiger partial charge < -0.3 is 10.4 Å². The third kappa shape index (κ3) is 5.01. The molecule has 0 heterocycles. The van der Waals surface area contributed by atoms with Gasteiger partial charge in [-0.05, 0) is 43.9 Å². The first kappa shape index (κ1) is 16.9. The second-order valence-corrected chi connectivity index (χ2v) is 5.45. The van der Waals surface area contributed by atoms with Gasteiger partial charge in [0.25, 0.3) is 0 Å². The fraction of sp³-hybridized carbons (Fsp3) is 0.222.